The molecular formula is C16H26N2O2S. The lowest BCUT2D eigenvalue weighted by molar-refractivity contribution is 0.540. The summed E-state index contributed by atoms with van der Waals surface area (Å²) >= 11 is 0. The van der Waals surface area contributed by atoms with Crippen LogP contribution >= 0.6 is 0 Å². The highest BCUT2D eigenvalue weighted by molar-refractivity contribution is 7.89. The molecule has 0 radical (unpaired) electrons. The standard InChI is InChI=1S/C16H26N2O2S/c1-13(2)5-4-10-18-21(19,20)16-7-3-6-14(11-16)12-17-15-8-9-15/h3,6-7,11,13,15,17-18H,4-5,8-10,12H2,1-2H3. The third-order valence-electron chi connectivity index (χ3n) is 3.63. The summed E-state index contributed by atoms with van der Waals surface area (Å²) in [6.45, 7) is 5.53. The fraction of sp³-hybridized carbons (Fsp3) is 0.625. The van der Waals surface area contributed by atoms with Gasteiger partial charge in [0.25, 0.3) is 0 Å². The van der Waals surface area contributed by atoms with Crippen molar-refractivity contribution in [2.24, 2.45) is 5.92 Å². The minimum absolute atomic E-state index is 0.363. The summed E-state index contributed by atoms with van der Waals surface area (Å²) in [5, 5.41) is 3.40. The van der Waals surface area contributed by atoms with E-state index in [0.29, 0.717) is 23.4 Å². The second-order valence-electron chi connectivity index (χ2n) is 6.24. The molecule has 2 N–H and O–H groups in total. The molecule has 0 spiro atoms. The third kappa shape index (κ3) is 5.77. The van der Waals surface area contributed by atoms with E-state index in [4.69, 9.17) is 0 Å². The fourth-order valence-corrected chi connectivity index (χ4v) is 3.32. The van der Waals surface area contributed by atoms with Crippen molar-refractivity contribution >= 4 is 10.0 Å². The molecule has 0 unspecified atom stereocenters. The van der Waals surface area contributed by atoms with Crippen molar-refractivity contribution < 1.29 is 8.42 Å². The Morgan fingerprint density at radius 1 is 1.29 bits per heavy atom. The topological polar surface area (TPSA) is 58.2 Å². The zero-order valence-corrected chi connectivity index (χ0v) is 13.7. The minimum atomic E-state index is -3.38. The molecule has 1 aliphatic carbocycles. The van der Waals surface area contributed by atoms with Crippen molar-refractivity contribution in [3.63, 3.8) is 0 Å². The fourth-order valence-electron chi connectivity index (χ4n) is 2.17. The molecule has 118 valence electrons. The monoisotopic (exact) mass is 310 g/mol. The van der Waals surface area contributed by atoms with Gasteiger partial charge in [0.15, 0.2) is 0 Å². The Kier molecular flexibility index (Phi) is 5.79. The van der Waals surface area contributed by atoms with Crippen LogP contribution in [0.1, 0.15) is 45.1 Å². The molecule has 1 aromatic rings. The van der Waals surface area contributed by atoms with Gasteiger partial charge in [0.1, 0.15) is 0 Å². The van der Waals surface area contributed by atoms with Gasteiger partial charge in [-0.2, -0.15) is 0 Å². The Bertz CT molecular complexity index is 551. The Morgan fingerprint density at radius 2 is 2.05 bits per heavy atom. The molecule has 0 atom stereocenters. The first kappa shape index (κ1) is 16.5. The number of nitrogens with one attached hydrogen (secondary N) is 2. The lowest BCUT2D eigenvalue weighted by Crippen LogP contribution is -2.25. The highest BCUT2D eigenvalue weighted by atomic mass is 32.2. The lowest BCUT2D eigenvalue weighted by Gasteiger charge is -2.09. The summed E-state index contributed by atoms with van der Waals surface area (Å²) in [5.41, 5.74) is 1.02. The maximum Gasteiger partial charge on any atom is 0.240 e. The predicted molar refractivity (Wildman–Crippen MR) is 85.6 cm³/mol. The van der Waals surface area contributed by atoms with E-state index in [2.05, 4.69) is 23.9 Å². The van der Waals surface area contributed by atoms with Crippen LogP contribution in [0.2, 0.25) is 0 Å². The molecule has 1 fully saturated rings. The van der Waals surface area contributed by atoms with E-state index in [1.54, 1.807) is 12.1 Å². The molecule has 4 nitrogen and oxygen atoms in total. The van der Waals surface area contributed by atoms with Crippen molar-refractivity contribution in [2.45, 2.75) is 57.0 Å². The van der Waals surface area contributed by atoms with Gasteiger partial charge in [0.2, 0.25) is 10.0 Å². The van der Waals surface area contributed by atoms with Crippen molar-refractivity contribution in [1.29, 1.82) is 0 Å². The van der Waals surface area contributed by atoms with Gasteiger partial charge in [-0.05, 0) is 49.3 Å². The van der Waals surface area contributed by atoms with Crippen LogP contribution in [0.5, 0.6) is 0 Å². The van der Waals surface area contributed by atoms with Gasteiger partial charge in [-0.25, -0.2) is 13.1 Å². The summed E-state index contributed by atoms with van der Waals surface area (Å²) in [6.07, 6.45) is 4.37. The van der Waals surface area contributed by atoms with Crippen LogP contribution in [0.3, 0.4) is 0 Å². The first-order chi connectivity index (χ1) is 9.97. The van der Waals surface area contributed by atoms with Gasteiger partial charge in [-0.1, -0.05) is 26.0 Å². The Balaban J connectivity index is 1.90. The largest absolute Gasteiger partial charge is 0.310 e. The highest BCUT2D eigenvalue weighted by Gasteiger charge is 2.20. The molecule has 0 saturated heterocycles. The van der Waals surface area contributed by atoms with Gasteiger partial charge in [-0.3, -0.25) is 0 Å². The normalized spacial score (nSPS) is 15.6. The highest BCUT2D eigenvalue weighted by Crippen LogP contribution is 2.20. The van der Waals surface area contributed by atoms with Gasteiger partial charge in [0.05, 0.1) is 4.90 Å². The lowest BCUT2D eigenvalue weighted by atomic mass is 10.1. The number of benzene rings is 1. The van der Waals surface area contributed by atoms with Crippen LogP contribution in [0.15, 0.2) is 29.2 Å². The van der Waals surface area contributed by atoms with Crippen LogP contribution in [0.25, 0.3) is 0 Å². The van der Waals surface area contributed by atoms with Gasteiger partial charge >= 0.3 is 0 Å². The zero-order valence-electron chi connectivity index (χ0n) is 12.9. The number of hydrogen-bond donors (Lipinski definition) is 2. The van der Waals surface area contributed by atoms with Crippen molar-refractivity contribution in [2.75, 3.05) is 6.54 Å². The first-order valence-corrected chi connectivity index (χ1v) is 9.27. The maximum atomic E-state index is 12.2. The van der Waals surface area contributed by atoms with Crippen LogP contribution in [-0.2, 0) is 16.6 Å². The summed E-state index contributed by atoms with van der Waals surface area (Å²) in [5.74, 6) is 0.603. The van der Waals surface area contributed by atoms with Crippen molar-refractivity contribution in [3.8, 4) is 0 Å². The van der Waals surface area contributed by atoms with E-state index >= 15 is 0 Å². The third-order valence-corrected chi connectivity index (χ3v) is 5.09. The van der Waals surface area contributed by atoms with Gasteiger partial charge in [-0.15, -0.1) is 0 Å². The Labute approximate surface area is 128 Å². The quantitative estimate of drug-likeness (QED) is 0.689. The molecule has 0 aliphatic heterocycles. The van der Waals surface area contributed by atoms with Crippen LogP contribution in [0, 0.1) is 5.92 Å². The predicted octanol–water partition coefficient (Wildman–Crippen LogP) is 2.65. The molecule has 0 amide bonds. The first-order valence-electron chi connectivity index (χ1n) is 7.79. The molecule has 0 aromatic heterocycles. The van der Waals surface area contributed by atoms with E-state index in [1.165, 1.54) is 12.8 Å². The second-order valence-corrected chi connectivity index (χ2v) is 8.00. The molecule has 5 heteroatoms. The Hall–Kier alpha value is -0.910. The summed E-state index contributed by atoms with van der Waals surface area (Å²) in [7, 11) is -3.38. The smallest absolute Gasteiger partial charge is 0.240 e. The molecule has 1 saturated carbocycles. The number of rotatable bonds is 9. The molecule has 0 heterocycles. The van der Waals surface area contributed by atoms with Crippen molar-refractivity contribution in [3.05, 3.63) is 29.8 Å². The summed E-state index contributed by atoms with van der Waals surface area (Å²) < 4.78 is 27.2. The molecule has 1 aliphatic rings. The van der Waals surface area contributed by atoms with Crippen LogP contribution in [0.4, 0.5) is 0 Å². The van der Waals surface area contributed by atoms with E-state index < -0.39 is 10.0 Å². The second kappa shape index (κ2) is 7.38. The van der Waals surface area contributed by atoms with Gasteiger partial charge in [0, 0.05) is 19.1 Å². The molecule has 2 rings (SSSR count). The molecule has 0 bridgehead atoms. The molecular weight excluding hydrogens is 284 g/mol. The average molecular weight is 310 g/mol. The van der Waals surface area contributed by atoms with E-state index in [1.807, 2.05) is 12.1 Å². The zero-order chi connectivity index (χ0) is 15.3. The van der Waals surface area contributed by atoms with E-state index in [9.17, 15) is 8.42 Å². The molecule has 21 heavy (non-hydrogen) atoms. The Morgan fingerprint density at radius 3 is 2.71 bits per heavy atom. The maximum absolute atomic E-state index is 12.2. The average Bonchev–Trinajstić information content (AvgIpc) is 3.26. The molecule has 1 aromatic carbocycles. The SMILES string of the molecule is CC(C)CCCNS(=O)(=O)c1cccc(CNC2CC2)c1. The van der Waals surface area contributed by atoms with Crippen molar-refractivity contribution in [1.82, 2.24) is 10.0 Å². The minimum Gasteiger partial charge on any atom is -0.310 e. The van der Waals surface area contributed by atoms with Gasteiger partial charge < -0.3 is 5.32 Å². The van der Waals surface area contributed by atoms with E-state index in [0.717, 1.165) is 24.9 Å². The van der Waals surface area contributed by atoms with Crippen LogP contribution < -0.4 is 10.0 Å². The van der Waals surface area contributed by atoms with E-state index in [-0.39, 0.29) is 0 Å². The number of hydrogen-bond acceptors (Lipinski definition) is 3. The van der Waals surface area contributed by atoms with Crippen LogP contribution in [-0.4, -0.2) is 21.0 Å². The summed E-state index contributed by atoms with van der Waals surface area (Å²) in [6, 6.07) is 7.82. The summed E-state index contributed by atoms with van der Waals surface area (Å²) in [4.78, 5) is 0.363. The number of sulfonamides is 1.